The van der Waals surface area contributed by atoms with Crippen molar-refractivity contribution in [3.63, 3.8) is 0 Å². The summed E-state index contributed by atoms with van der Waals surface area (Å²) < 4.78 is 28.0. The van der Waals surface area contributed by atoms with Crippen molar-refractivity contribution in [3.8, 4) is 11.5 Å². The van der Waals surface area contributed by atoms with E-state index in [1.54, 1.807) is 51.6 Å². The van der Waals surface area contributed by atoms with E-state index in [0.29, 0.717) is 25.4 Å². The maximum Gasteiger partial charge on any atom is 0.410 e. The highest BCUT2D eigenvalue weighted by Gasteiger charge is 2.36. The number of carbonyl (C=O) groups excluding carboxylic acids is 3. The van der Waals surface area contributed by atoms with Gasteiger partial charge in [0.2, 0.25) is 0 Å². The molecule has 4 heterocycles. The van der Waals surface area contributed by atoms with Crippen molar-refractivity contribution in [2.45, 2.75) is 90.7 Å². The van der Waals surface area contributed by atoms with E-state index in [9.17, 15) is 14.4 Å². The first-order valence-corrected chi connectivity index (χ1v) is 17.8. The number of likely N-dealkylation sites (tertiary alicyclic amines) is 1. The Balaban J connectivity index is 0.000000251. The third-order valence-corrected chi connectivity index (χ3v) is 7.98. The fraction of sp³-hybridized carbons (Fsp3) is 0.513. The molecular formula is C39H53N5O8. The molecule has 0 radical (unpaired) electrons. The highest BCUT2D eigenvalue weighted by atomic mass is 16.6. The Morgan fingerprint density at radius 2 is 1.23 bits per heavy atom. The van der Waals surface area contributed by atoms with Crippen LogP contribution in [0.4, 0.5) is 14.4 Å². The van der Waals surface area contributed by atoms with Gasteiger partial charge < -0.3 is 33.5 Å². The Hall–Kier alpha value is -5.07. The first-order valence-electron chi connectivity index (χ1n) is 17.8. The zero-order valence-electron chi connectivity index (χ0n) is 31.2. The number of ether oxygens (including phenoxy) is 5. The molecule has 2 aromatic heterocycles. The summed E-state index contributed by atoms with van der Waals surface area (Å²) in [5.41, 5.74) is -0.166. The second-order valence-corrected chi connectivity index (χ2v) is 14.6. The van der Waals surface area contributed by atoms with E-state index in [1.165, 1.54) is 0 Å². The van der Waals surface area contributed by atoms with E-state index in [4.69, 9.17) is 23.7 Å². The van der Waals surface area contributed by atoms with E-state index < -0.39 is 23.4 Å². The van der Waals surface area contributed by atoms with Gasteiger partial charge in [0, 0.05) is 38.6 Å². The van der Waals surface area contributed by atoms with Crippen molar-refractivity contribution in [2.75, 3.05) is 39.4 Å². The SMILES string of the molecule is CC(C)(C)OC(=O)N1CCCCC1COc1cccnc1.CC(C)(C)OC(=O)N1CCN(C(=O)OCc2ccccc2)CC1COc1cccnc1. The molecule has 282 valence electrons. The van der Waals surface area contributed by atoms with E-state index in [-0.39, 0.29) is 37.9 Å². The summed E-state index contributed by atoms with van der Waals surface area (Å²) in [5, 5.41) is 0. The number of pyridine rings is 2. The summed E-state index contributed by atoms with van der Waals surface area (Å²) >= 11 is 0. The zero-order chi connectivity index (χ0) is 37.6. The van der Waals surface area contributed by atoms with Gasteiger partial charge in [-0.25, -0.2) is 14.4 Å². The zero-order valence-corrected chi connectivity index (χ0v) is 31.2. The topological polar surface area (TPSA) is 133 Å². The number of benzene rings is 1. The smallest absolute Gasteiger partial charge is 0.410 e. The monoisotopic (exact) mass is 719 g/mol. The molecule has 1 aromatic carbocycles. The molecule has 2 atom stereocenters. The molecule has 3 aromatic rings. The molecule has 2 aliphatic rings. The van der Waals surface area contributed by atoms with Crippen LogP contribution in [0.3, 0.4) is 0 Å². The molecule has 2 aliphatic heterocycles. The average Bonchev–Trinajstić information content (AvgIpc) is 3.12. The molecule has 0 N–H and O–H groups in total. The Morgan fingerprint density at radius 3 is 1.77 bits per heavy atom. The molecule has 3 amide bonds. The van der Waals surface area contributed by atoms with Crippen LogP contribution in [-0.4, -0.2) is 106 Å². The lowest BCUT2D eigenvalue weighted by Crippen LogP contribution is -2.59. The number of hydrogen-bond donors (Lipinski definition) is 0. The molecule has 2 fully saturated rings. The Morgan fingerprint density at radius 1 is 0.673 bits per heavy atom. The van der Waals surface area contributed by atoms with Crippen molar-refractivity contribution in [1.29, 1.82) is 0 Å². The number of nitrogens with zero attached hydrogens (tertiary/aromatic N) is 5. The summed E-state index contributed by atoms with van der Waals surface area (Å²) in [7, 11) is 0. The fourth-order valence-corrected chi connectivity index (χ4v) is 5.52. The molecule has 13 nitrogen and oxygen atoms in total. The number of aromatic nitrogens is 2. The summed E-state index contributed by atoms with van der Waals surface area (Å²) in [6.07, 6.45) is 8.63. The van der Waals surface area contributed by atoms with Crippen molar-refractivity contribution in [1.82, 2.24) is 24.7 Å². The summed E-state index contributed by atoms with van der Waals surface area (Å²) in [6, 6.07) is 16.5. The standard InChI is InChI=1S/C23H29N3O5.C16H24N2O3/c1-23(2,3)31-22(28)26-13-12-25(21(27)30-16-18-8-5-4-6-9-18)15-19(26)17-29-20-10-7-11-24-14-20;1-16(2,3)21-15(19)18-10-5-4-7-13(18)12-20-14-8-6-9-17-11-14/h4-11,14,19H,12-13,15-17H2,1-3H3;6,8-9,11,13H,4-5,7,10,12H2,1-3H3. The number of amides is 3. The minimum atomic E-state index is -0.614. The molecule has 0 bridgehead atoms. The largest absolute Gasteiger partial charge is 0.490 e. The van der Waals surface area contributed by atoms with Gasteiger partial charge >= 0.3 is 18.3 Å². The Labute approximate surface area is 307 Å². The molecule has 2 saturated heterocycles. The predicted molar refractivity (Wildman–Crippen MR) is 195 cm³/mol. The van der Waals surface area contributed by atoms with E-state index in [0.717, 1.165) is 37.1 Å². The second-order valence-electron chi connectivity index (χ2n) is 14.6. The summed E-state index contributed by atoms with van der Waals surface area (Å²) in [5.74, 6) is 1.32. The van der Waals surface area contributed by atoms with Crippen LogP contribution in [-0.2, 0) is 20.8 Å². The lowest BCUT2D eigenvalue weighted by Gasteiger charge is -2.40. The van der Waals surface area contributed by atoms with Crippen LogP contribution in [0.25, 0.3) is 0 Å². The quantitative estimate of drug-likeness (QED) is 0.225. The molecular weight excluding hydrogens is 666 g/mol. The van der Waals surface area contributed by atoms with Crippen LogP contribution >= 0.6 is 0 Å². The van der Waals surface area contributed by atoms with E-state index in [2.05, 4.69) is 9.97 Å². The van der Waals surface area contributed by atoms with E-state index in [1.807, 2.05) is 84.0 Å². The molecule has 0 spiro atoms. The third kappa shape index (κ3) is 13.6. The van der Waals surface area contributed by atoms with Gasteiger partial charge in [-0.15, -0.1) is 0 Å². The number of carbonyl (C=O) groups is 3. The minimum Gasteiger partial charge on any atom is -0.490 e. The van der Waals surface area contributed by atoms with Crippen molar-refractivity contribution in [3.05, 3.63) is 84.9 Å². The number of hydrogen-bond acceptors (Lipinski definition) is 10. The highest BCUT2D eigenvalue weighted by Crippen LogP contribution is 2.22. The van der Waals surface area contributed by atoms with Gasteiger partial charge in [0.15, 0.2) is 0 Å². The van der Waals surface area contributed by atoms with Gasteiger partial charge in [-0.2, -0.15) is 0 Å². The van der Waals surface area contributed by atoms with Crippen LogP contribution < -0.4 is 9.47 Å². The van der Waals surface area contributed by atoms with Gasteiger partial charge in [0.25, 0.3) is 0 Å². The highest BCUT2D eigenvalue weighted by molar-refractivity contribution is 5.71. The molecule has 0 saturated carbocycles. The Kier molecular flexibility index (Phi) is 14.5. The second kappa shape index (κ2) is 19.0. The van der Waals surface area contributed by atoms with Crippen LogP contribution in [0.5, 0.6) is 11.5 Å². The minimum absolute atomic E-state index is 0.0637. The predicted octanol–water partition coefficient (Wildman–Crippen LogP) is 6.97. The average molecular weight is 720 g/mol. The number of rotatable bonds is 8. The normalized spacial score (nSPS) is 17.6. The molecule has 2 unspecified atom stereocenters. The number of piperazine rings is 1. The van der Waals surface area contributed by atoms with Gasteiger partial charge in [-0.1, -0.05) is 30.3 Å². The number of piperidine rings is 1. The summed E-state index contributed by atoms with van der Waals surface area (Å²) in [4.78, 5) is 50.7. The molecule has 0 aliphatic carbocycles. The van der Waals surface area contributed by atoms with Crippen molar-refractivity contribution < 1.29 is 38.1 Å². The lowest BCUT2D eigenvalue weighted by molar-refractivity contribution is -0.0106. The van der Waals surface area contributed by atoms with Crippen LogP contribution in [0.1, 0.15) is 66.4 Å². The van der Waals surface area contributed by atoms with Crippen LogP contribution in [0.2, 0.25) is 0 Å². The molecule has 52 heavy (non-hydrogen) atoms. The first-order chi connectivity index (χ1) is 24.8. The first kappa shape index (κ1) is 39.7. The Bertz CT molecular complexity index is 1530. The van der Waals surface area contributed by atoms with Crippen LogP contribution in [0.15, 0.2) is 79.4 Å². The summed E-state index contributed by atoms with van der Waals surface area (Å²) in [6.45, 7) is 13.7. The van der Waals surface area contributed by atoms with Gasteiger partial charge in [-0.3, -0.25) is 14.9 Å². The van der Waals surface area contributed by atoms with Crippen molar-refractivity contribution >= 4 is 18.3 Å². The maximum atomic E-state index is 12.7. The molecule has 13 heteroatoms. The van der Waals surface area contributed by atoms with E-state index >= 15 is 0 Å². The lowest BCUT2D eigenvalue weighted by atomic mass is 10.0. The maximum absolute atomic E-state index is 12.7. The van der Waals surface area contributed by atoms with Gasteiger partial charge in [0.05, 0.1) is 24.5 Å². The third-order valence-electron chi connectivity index (χ3n) is 7.98. The molecule has 5 rings (SSSR count). The fourth-order valence-electron chi connectivity index (χ4n) is 5.52. The van der Waals surface area contributed by atoms with Crippen molar-refractivity contribution in [2.24, 2.45) is 0 Å². The van der Waals surface area contributed by atoms with Crippen LogP contribution in [0, 0.1) is 0 Å². The van der Waals surface area contributed by atoms with Gasteiger partial charge in [-0.05, 0) is 90.6 Å². The van der Waals surface area contributed by atoms with Gasteiger partial charge in [0.1, 0.15) is 42.5 Å².